The van der Waals surface area contributed by atoms with Crippen molar-refractivity contribution in [3.8, 4) is 16.9 Å². The summed E-state index contributed by atoms with van der Waals surface area (Å²) in [5.41, 5.74) is 5.72. The minimum Gasteiger partial charge on any atom is -0.422 e. The van der Waals surface area contributed by atoms with Gasteiger partial charge in [-0.2, -0.15) is 5.10 Å². The van der Waals surface area contributed by atoms with Crippen LogP contribution < -0.4 is 10.2 Å². The Morgan fingerprint density at radius 3 is 2.39 bits per heavy atom. The third-order valence-electron chi connectivity index (χ3n) is 5.71. The Balaban J connectivity index is 1.39. The van der Waals surface area contributed by atoms with Gasteiger partial charge >= 0.3 is 5.97 Å². The standard InChI is InChI=1S/C29H18Cl3N3O3/c30-19-13-14-20(23(32)15-19)29(37)38-24-12-5-4-9-18(24)16-33-35-28(36)27-25(17-7-2-1-3-8-17)21-10-6-11-22(31)26(21)34-27/h1-16,34H,(H,35,36). The van der Waals surface area contributed by atoms with Crippen molar-refractivity contribution in [2.45, 2.75) is 0 Å². The van der Waals surface area contributed by atoms with Gasteiger partial charge < -0.3 is 9.72 Å². The molecule has 9 heteroatoms. The second-order valence-electron chi connectivity index (χ2n) is 8.15. The molecular weight excluding hydrogens is 545 g/mol. The normalized spacial score (nSPS) is 11.1. The molecule has 2 N–H and O–H groups in total. The van der Waals surface area contributed by atoms with Crippen molar-refractivity contribution in [2.24, 2.45) is 5.10 Å². The molecule has 1 amide bonds. The lowest BCUT2D eigenvalue weighted by Crippen LogP contribution is -2.19. The number of H-pyrrole nitrogens is 1. The number of rotatable bonds is 6. The molecule has 188 valence electrons. The number of aromatic nitrogens is 1. The topological polar surface area (TPSA) is 83.5 Å². The fourth-order valence-electron chi connectivity index (χ4n) is 3.96. The number of fused-ring (bicyclic) bond motifs is 1. The van der Waals surface area contributed by atoms with Crippen molar-refractivity contribution in [1.29, 1.82) is 0 Å². The molecule has 38 heavy (non-hydrogen) atoms. The second kappa shape index (κ2) is 11.1. The van der Waals surface area contributed by atoms with Gasteiger partial charge in [-0.1, -0.05) is 89.4 Å². The van der Waals surface area contributed by atoms with Gasteiger partial charge in [-0.25, -0.2) is 10.2 Å². The summed E-state index contributed by atoms with van der Waals surface area (Å²) in [6.07, 6.45) is 1.39. The van der Waals surface area contributed by atoms with Gasteiger partial charge in [-0.3, -0.25) is 4.79 Å². The molecule has 0 bridgehead atoms. The zero-order valence-electron chi connectivity index (χ0n) is 19.5. The minimum absolute atomic E-state index is 0.169. The zero-order valence-corrected chi connectivity index (χ0v) is 21.8. The molecule has 0 aliphatic heterocycles. The Labute approximate surface area is 232 Å². The molecule has 6 nitrogen and oxygen atoms in total. The lowest BCUT2D eigenvalue weighted by Gasteiger charge is -2.08. The Kier molecular flexibility index (Phi) is 7.47. The van der Waals surface area contributed by atoms with Gasteiger partial charge in [0.15, 0.2) is 0 Å². The maximum Gasteiger partial charge on any atom is 0.345 e. The van der Waals surface area contributed by atoms with Crippen LogP contribution in [-0.4, -0.2) is 23.1 Å². The molecular formula is C29H18Cl3N3O3. The molecule has 0 atom stereocenters. The number of amides is 1. The quantitative estimate of drug-likeness (QED) is 0.0959. The number of esters is 1. The fraction of sp³-hybridized carbons (Fsp3) is 0. The molecule has 0 spiro atoms. The number of benzene rings is 4. The number of carbonyl (C=O) groups is 2. The van der Waals surface area contributed by atoms with Crippen LogP contribution in [0.2, 0.25) is 15.1 Å². The van der Waals surface area contributed by atoms with Crippen molar-refractivity contribution >= 4 is 63.8 Å². The third-order valence-corrected chi connectivity index (χ3v) is 6.58. The van der Waals surface area contributed by atoms with E-state index in [1.807, 2.05) is 42.5 Å². The maximum atomic E-state index is 13.2. The highest BCUT2D eigenvalue weighted by atomic mass is 35.5. The van der Waals surface area contributed by atoms with Gasteiger partial charge in [-0.05, 0) is 42.0 Å². The summed E-state index contributed by atoms with van der Waals surface area (Å²) >= 11 is 18.4. The summed E-state index contributed by atoms with van der Waals surface area (Å²) in [5, 5.41) is 6.00. The van der Waals surface area contributed by atoms with Crippen LogP contribution in [0.3, 0.4) is 0 Å². The molecule has 5 rings (SSSR count). The molecule has 0 aliphatic carbocycles. The number of hydrogen-bond donors (Lipinski definition) is 2. The molecule has 4 aromatic carbocycles. The smallest absolute Gasteiger partial charge is 0.345 e. The molecule has 0 fully saturated rings. The third kappa shape index (κ3) is 5.29. The van der Waals surface area contributed by atoms with E-state index < -0.39 is 11.9 Å². The van der Waals surface area contributed by atoms with Crippen molar-refractivity contribution in [2.75, 3.05) is 0 Å². The Bertz CT molecular complexity index is 1700. The van der Waals surface area contributed by atoms with Gasteiger partial charge in [0.25, 0.3) is 5.91 Å². The van der Waals surface area contributed by atoms with Crippen molar-refractivity contribution in [3.05, 3.63) is 123 Å². The van der Waals surface area contributed by atoms with Crippen LogP contribution in [0.1, 0.15) is 26.4 Å². The molecule has 1 heterocycles. The number of nitrogens with zero attached hydrogens (tertiary/aromatic N) is 1. The maximum absolute atomic E-state index is 13.2. The van der Waals surface area contributed by atoms with Gasteiger partial charge in [0, 0.05) is 21.5 Å². The number of aromatic amines is 1. The largest absolute Gasteiger partial charge is 0.422 e. The number of hydrazone groups is 1. The monoisotopic (exact) mass is 561 g/mol. The van der Waals surface area contributed by atoms with Crippen molar-refractivity contribution in [1.82, 2.24) is 10.4 Å². The van der Waals surface area contributed by atoms with E-state index in [1.165, 1.54) is 18.3 Å². The first-order valence-electron chi connectivity index (χ1n) is 11.4. The van der Waals surface area contributed by atoms with E-state index in [-0.39, 0.29) is 16.3 Å². The summed E-state index contributed by atoms with van der Waals surface area (Å²) in [5.74, 6) is -0.877. The summed E-state index contributed by atoms with van der Waals surface area (Å²) in [4.78, 5) is 29.0. The highest BCUT2D eigenvalue weighted by Gasteiger charge is 2.20. The first kappa shape index (κ1) is 25.5. The average molecular weight is 563 g/mol. The van der Waals surface area contributed by atoms with Crippen molar-refractivity contribution in [3.63, 3.8) is 0 Å². The van der Waals surface area contributed by atoms with Gasteiger partial charge in [0.2, 0.25) is 0 Å². The second-order valence-corrected chi connectivity index (χ2v) is 9.40. The number of para-hydroxylation sites is 2. The Hall–Kier alpha value is -4.10. The van der Waals surface area contributed by atoms with E-state index in [2.05, 4.69) is 15.5 Å². The number of halogens is 3. The van der Waals surface area contributed by atoms with Gasteiger partial charge in [0.1, 0.15) is 11.4 Å². The molecule has 0 saturated heterocycles. The summed E-state index contributed by atoms with van der Waals surface area (Å²) < 4.78 is 5.53. The predicted octanol–water partition coefficient (Wildman–Crippen LogP) is 7.78. The van der Waals surface area contributed by atoms with Crippen LogP contribution >= 0.6 is 34.8 Å². The van der Waals surface area contributed by atoms with Crippen LogP contribution in [-0.2, 0) is 0 Å². The van der Waals surface area contributed by atoms with Crippen LogP contribution in [0.5, 0.6) is 5.75 Å². The molecule has 0 aliphatic rings. The van der Waals surface area contributed by atoms with Gasteiger partial charge in [0.05, 0.1) is 27.3 Å². The summed E-state index contributed by atoms with van der Waals surface area (Å²) in [6.45, 7) is 0. The van der Waals surface area contributed by atoms with Crippen LogP contribution in [0.15, 0.2) is 96.1 Å². The van der Waals surface area contributed by atoms with E-state index in [4.69, 9.17) is 39.5 Å². The summed E-state index contributed by atoms with van der Waals surface area (Å²) in [6, 6.07) is 26.3. The highest BCUT2D eigenvalue weighted by Crippen LogP contribution is 2.35. The van der Waals surface area contributed by atoms with Crippen molar-refractivity contribution < 1.29 is 14.3 Å². The van der Waals surface area contributed by atoms with E-state index in [0.29, 0.717) is 32.4 Å². The number of ether oxygens (including phenoxy) is 1. The van der Waals surface area contributed by atoms with E-state index in [9.17, 15) is 9.59 Å². The molecule has 1 aromatic heterocycles. The van der Waals surface area contributed by atoms with Crippen LogP contribution in [0.4, 0.5) is 0 Å². The van der Waals surface area contributed by atoms with Crippen LogP contribution in [0.25, 0.3) is 22.0 Å². The van der Waals surface area contributed by atoms with Gasteiger partial charge in [-0.15, -0.1) is 0 Å². The molecule has 5 aromatic rings. The number of hydrogen-bond acceptors (Lipinski definition) is 4. The molecule has 0 saturated carbocycles. The lowest BCUT2D eigenvalue weighted by atomic mass is 10.0. The Morgan fingerprint density at radius 2 is 1.61 bits per heavy atom. The highest BCUT2D eigenvalue weighted by molar-refractivity contribution is 6.37. The SMILES string of the molecule is O=C(Oc1ccccc1C=NNC(=O)c1[nH]c2c(Cl)cccc2c1-c1ccccc1)c1ccc(Cl)cc1Cl. The lowest BCUT2D eigenvalue weighted by molar-refractivity contribution is 0.0734. The first-order chi connectivity index (χ1) is 18.4. The van der Waals surface area contributed by atoms with E-state index in [0.717, 1.165) is 10.9 Å². The van der Waals surface area contributed by atoms with E-state index in [1.54, 1.807) is 36.4 Å². The molecule has 0 radical (unpaired) electrons. The predicted molar refractivity (Wildman–Crippen MR) is 152 cm³/mol. The number of carbonyl (C=O) groups excluding carboxylic acids is 2. The zero-order chi connectivity index (χ0) is 26.6. The number of nitrogens with one attached hydrogen (secondary N) is 2. The van der Waals surface area contributed by atoms with Crippen LogP contribution in [0, 0.1) is 0 Å². The average Bonchev–Trinajstić information content (AvgIpc) is 3.31. The minimum atomic E-state index is -0.654. The summed E-state index contributed by atoms with van der Waals surface area (Å²) in [7, 11) is 0. The first-order valence-corrected chi connectivity index (χ1v) is 12.5. The fourth-order valence-corrected chi connectivity index (χ4v) is 4.67. The Morgan fingerprint density at radius 1 is 0.842 bits per heavy atom. The van der Waals surface area contributed by atoms with E-state index >= 15 is 0 Å². The molecule has 0 unspecified atom stereocenters.